The highest BCUT2D eigenvalue weighted by Crippen LogP contribution is 2.38. The van der Waals surface area contributed by atoms with Crippen LogP contribution < -0.4 is 16.4 Å². The van der Waals surface area contributed by atoms with Gasteiger partial charge in [-0.2, -0.15) is 0 Å². The summed E-state index contributed by atoms with van der Waals surface area (Å²) in [6.07, 6.45) is 4.33. The van der Waals surface area contributed by atoms with E-state index in [1.54, 1.807) is 11.0 Å². The van der Waals surface area contributed by atoms with Gasteiger partial charge in [-0.25, -0.2) is 13.6 Å². The van der Waals surface area contributed by atoms with Crippen molar-refractivity contribution in [3.05, 3.63) is 95.1 Å². The van der Waals surface area contributed by atoms with Crippen LogP contribution in [0.5, 0.6) is 0 Å². The molecule has 0 aromatic heterocycles. The molecule has 0 radical (unpaired) electrons. The lowest BCUT2D eigenvalue weighted by Crippen LogP contribution is -2.61. The van der Waals surface area contributed by atoms with Crippen molar-refractivity contribution in [2.75, 3.05) is 26.2 Å². The van der Waals surface area contributed by atoms with E-state index in [-0.39, 0.29) is 36.6 Å². The predicted molar refractivity (Wildman–Crippen MR) is 170 cm³/mol. The lowest BCUT2D eigenvalue weighted by molar-refractivity contribution is -0.135. The summed E-state index contributed by atoms with van der Waals surface area (Å²) in [6.45, 7) is 7.42. The number of hydrogen-bond donors (Lipinski definition) is 4. The van der Waals surface area contributed by atoms with Gasteiger partial charge >= 0.3 is 6.09 Å². The molecule has 1 aliphatic carbocycles. The minimum absolute atomic E-state index is 0.0797. The first-order chi connectivity index (χ1) is 21.6. The maximum absolute atomic E-state index is 14.5. The van der Waals surface area contributed by atoms with Crippen molar-refractivity contribution >= 4 is 17.9 Å². The number of allylic oxidation sites excluding steroid dienone is 1. The number of carbonyl (C=O) groups is 3. The van der Waals surface area contributed by atoms with Gasteiger partial charge in [-0.1, -0.05) is 69.3 Å². The van der Waals surface area contributed by atoms with Gasteiger partial charge in [-0.05, 0) is 48.9 Å². The van der Waals surface area contributed by atoms with E-state index in [9.17, 15) is 28.3 Å². The fourth-order valence-corrected chi connectivity index (χ4v) is 5.67. The molecule has 3 unspecified atom stereocenters. The summed E-state index contributed by atoms with van der Waals surface area (Å²) >= 11 is 0. The Morgan fingerprint density at radius 1 is 0.978 bits per heavy atom. The van der Waals surface area contributed by atoms with Gasteiger partial charge in [0.05, 0.1) is 17.6 Å². The summed E-state index contributed by atoms with van der Waals surface area (Å²) in [5.41, 5.74) is 6.12. The Morgan fingerprint density at radius 3 is 2.18 bits per heavy atom. The zero-order chi connectivity index (χ0) is 33.0. The van der Waals surface area contributed by atoms with Crippen LogP contribution in [0, 0.1) is 11.6 Å². The topological polar surface area (TPSA) is 128 Å². The van der Waals surface area contributed by atoms with Crippen molar-refractivity contribution in [2.45, 2.75) is 70.6 Å². The monoisotopic (exact) mass is 625 g/mol. The third kappa shape index (κ3) is 9.21. The van der Waals surface area contributed by atoms with E-state index in [1.165, 1.54) is 17.1 Å². The van der Waals surface area contributed by atoms with Crippen molar-refractivity contribution < 1.29 is 28.3 Å². The van der Waals surface area contributed by atoms with Gasteiger partial charge < -0.3 is 31.3 Å². The Kier molecular flexibility index (Phi) is 13.2. The van der Waals surface area contributed by atoms with Gasteiger partial charge in [-0.3, -0.25) is 9.59 Å². The molecular weight excluding hydrogens is 580 g/mol. The standard InChI is InChI=1S/C34H45F2N5O4/c1-4-15-40(16-5-2)32(43)34(26-18-27(35)20-28(36)19-26)14-10-13-25(21-34)31(42)39-30(37)29(41(17-6-3)33(44)45)23-38-22-24-11-8-7-9-12-24/h7-13,18-21,29-30,38H,4-6,14-17,22-23,37H2,1-3H3,(H,39,42)(H,44,45). The van der Waals surface area contributed by atoms with E-state index < -0.39 is 41.3 Å². The average Bonchev–Trinajstić information content (AvgIpc) is 3.01. The maximum atomic E-state index is 14.5. The number of nitrogens with zero attached hydrogens (tertiary/aromatic N) is 2. The Bertz CT molecular complexity index is 1340. The molecule has 0 fully saturated rings. The summed E-state index contributed by atoms with van der Waals surface area (Å²) in [5, 5.41) is 15.9. The van der Waals surface area contributed by atoms with Crippen molar-refractivity contribution in [2.24, 2.45) is 5.73 Å². The molecular formula is C34H45F2N5O4. The average molecular weight is 626 g/mol. The molecule has 5 N–H and O–H groups in total. The van der Waals surface area contributed by atoms with Gasteiger partial charge in [0.1, 0.15) is 11.6 Å². The minimum Gasteiger partial charge on any atom is -0.465 e. The molecule has 0 saturated heterocycles. The summed E-state index contributed by atoms with van der Waals surface area (Å²) in [7, 11) is 0. The molecule has 0 heterocycles. The van der Waals surface area contributed by atoms with E-state index in [0.717, 1.165) is 23.8 Å². The van der Waals surface area contributed by atoms with Crippen LogP contribution in [0.2, 0.25) is 0 Å². The Balaban J connectivity index is 1.95. The molecule has 9 nitrogen and oxygen atoms in total. The molecule has 11 heteroatoms. The number of hydrogen-bond acceptors (Lipinski definition) is 5. The normalized spacial score (nSPS) is 17.2. The second kappa shape index (κ2) is 16.8. The molecule has 244 valence electrons. The Morgan fingerprint density at radius 2 is 1.60 bits per heavy atom. The van der Waals surface area contributed by atoms with Gasteiger partial charge in [-0.15, -0.1) is 0 Å². The van der Waals surface area contributed by atoms with Crippen LogP contribution in [-0.2, 0) is 21.5 Å². The van der Waals surface area contributed by atoms with Crippen LogP contribution in [0.4, 0.5) is 13.6 Å². The van der Waals surface area contributed by atoms with E-state index in [0.29, 0.717) is 38.9 Å². The van der Waals surface area contributed by atoms with E-state index in [2.05, 4.69) is 10.6 Å². The molecule has 0 saturated carbocycles. The third-order valence-electron chi connectivity index (χ3n) is 7.78. The smallest absolute Gasteiger partial charge is 0.407 e. The van der Waals surface area contributed by atoms with Gasteiger partial charge in [0, 0.05) is 44.4 Å². The molecule has 1 aliphatic rings. The number of carbonyl (C=O) groups excluding carboxylic acids is 2. The molecule has 2 aromatic carbocycles. The lowest BCUT2D eigenvalue weighted by Gasteiger charge is -2.37. The maximum Gasteiger partial charge on any atom is 0.407 e. The molecule has 3 atom stereocenters. The summed E-state index contributed by atoms with van der Waals surface area (Å²) < 4.78 is 29.0. The zero-order valence-corrected chi connectivity index (χ0v) is 26.3. The Hall–Kier alpha value is -4.09. The molecule has 0 bridgehead atoms. The van der Waals surface area contributed by atoms with E-state index in [4.69, 9.17) is 5.73 Å². The highest BCUT2D eigenvalue weighted by molar-refractivity contribution is 6.00. The van der Waals surface area contributed by atoms with Crippen LogP contribution in [0.15, 0.2) is 72.3 Å². The first-order valence-electron chi connectivity index (χ1n) is 15.5. The van der Waals surface area contributed by atoms with Gasteiger partial charge in [0.2, 0.25) is 5.91 Å². The van der Waals surface area contributed by atoms with Gasteiger partial charge in [0.15, 0.2) is 0 Å². The first-order valence-corrected chi connectivity index (χ1v) is 15.5. The molecule has 3 rings (SSSR count). The highest BCUT2D eigenvalue weighted by Gasteiger charge is 2.43. The van der Waals surface area contributed by atoms with Crippen molar-refractivity contribution in [1.82, 2.24) is 20.4 Å². The summed E-state index contributed by atoms with van der Waals surface area (Å²) in [4.78, 5) is 42.9. The zero-order valence-electron chi connectivity index (χ0n) is 26.3. The van der Waals surface area contributed by atoms with Crippen molar-refractivity contribution in [3.8, 4) is 0 Å². The summed E-state index contributed by atoms with van der Waals surface area (Å²) in [6, 6.07) is 11.7. The van der Waals surface area contributed by atoms with Crippen molar-refractivity contribution in [3.63, 3.8) is 0 Å². The number of nitrogens with one attached hydrogen (secondary N) is 2. The van der Waals surface area contributed by atoms with Crippen LogP contribution in [0.3, 0.4) is 0 Å². The molecule has 45 heavy (non-hydrogen) atoms. The molecule has 2 aromatic rings. The Labute approximate surface area is 264 Å². The largest absolute Gasteiger partial charge is 0.465 e. The number of halogens is 2. The number of benzene rings is 2. The fourth-order valence-electron chi connectivity index (χ4n) is 5.67. The van der Waals surface area contributed by atoms with Gasteiger partial charge in [0.25, 0.3) is 5.91 Å². The van der Waals surface area contributed by atoms with E-state index in [1.807, 2.05) is 51.1 Å². The number of rotatable bonds is 16. The molecule has 0 aliphatic heterocycles. The number of amides is 3. The highest BCUT2D eigenvalue weighted by atomic mass is 19.1. The SMILES string of the molecule is CCCN(CCC)C(=O)C1(c2cc(F)cc(F)c2)C=C(C(=O)NC(N)C(CNCc2ccccc2)N(CCC)C(=O)O)C=CC1. The third-order valence-corrected chi connectivity index (χ3v) is 7.78. The number of carboxylic acid groups (broad SMARTS) is 1. The minimum atomic E-state index is -1.54. The quantitative estimate of drug-likeness (QED) is 0.201. The molecule has 0 spiro atoms. The second-order valence-electron chi connectivity index (χ2n) is 11.3. The fraction of sp³-hybridized carbons (Fsp3) is 0.441. The van der Waals surface area contributed by atoms with Crippen LogP contribution in [-0.4, -0.2) is 71.2 Å². The van der Waals surface area contributed by atoms with Crippen LogP contribution in [0.1, 0.15) is 57.6 Å². The van der Waals surface area contributed by atoms with Crippen molar-refractivity contribution in [1.29, 1.82) is 0 Å². The van der Waals surface area contributed by atoms with E-state index >= 15 is 0 Å². The van der Waals surface area contributed by atoms with Crippen LogP contribution >= 0.6 is 0 Å². The second-order valence-corrected chi connectivity index (χ2v) is 11.3. The first kappa shape index (κ1) is 35.4. The summed E-state index contributed by atoms with van der Waals surface area (Å²) in [5.74, 6) is -2.67. The predicted octanol–water partition coefficient (Wildman–Crippen LogP) is 4.69. The number of nitrogens with two attached hydrogens (primary N) is 1. The molecule has 3 amide bonds. The van der Waals surface area contributed by atoms with Crippen LogP contribution in [0.25, 0.3) is 0 Å². The lowest BCUT2D eigenvalue weighted by atomic mass is 9.72.